The Bertz CT molecular complexity index is 666. The van der Waals surface area contributed by atoms with Crippen LogP contribution >= 0.6 is 0 Å². The summed E-state index contributed by atoms with van der Waals surface area (Å²) in [6, 6.07) is -1.37. The normalized spacial score (nSPS) is 28.8. The number of aliphatic hydroxyl groups excluding tert-OH is 7. The van der Waals surface area contributed by atoms with Gasteiger partial charge in [0.25, 0.3) is 0 Å². The van der Waals surface area contributed by atoms with Crippen molar-refractivity contribution in [3.8, 4) is 0 Å². The summed E-state index contributed by atoms with van der Waals surface area (Å²) in [5, 5.41) is 72.9. The van der Waals surface area contributed by atoms with Gasteiger partial charge in [-0.25, -0.2) is 0 Å². The first kappa shape index (κ1) is 29.1. The maximum absolute atomic E-state index is 11.8. The summed E-state index contributed by atoms with van der Waals surface area (Å²) < 4.78 is 10.6. The molecule has 3 amide bonds. The highest BCUT2D eigenvalue weighted by Gasteiger charge is 2.47. The SMILES string of the molecule is CC(=O)N[C@@H](CN(NC(C)=O)C(C)=O)[C@@H](O)[C@H](O[C@@H]1O[C@H](CO)[C@H](O)[C@H](O)[C@H]1O)[C@H](O)CO. The molecule has 1 fully saturated rings. The predicted molar refractivity (Wildman–Crippen MR) is 107 cm³/mol. The molecular formula is C18H33N3O12. The molecule has 15 nitrogen and oxygen atoms in total. The molecule has 0 spiro atoms. The first-order valence-electron chi connectivity index (χ1n) is 10.1. The maximum Gasteiger partial charge on any atom is 0.237 e. The number of ether oxygens (including phenoxy) is 2. The predicted octanol–water partition coefficient (Wildman–Crippen LogP) is -5.71. The fourth-order valence-corrected chi connectivity index (χ4v) is 3.21. The zero-order chi connectivity index (χ0) is 25.5. The van der Waals surface area contributed by atoms with Crippen LogP contribution in [0.4, 0.5) is 0 Å². The van der Waals surface area contributed by atoms with Gasteiger partial charge in [-0.3, -0.25) is 24.8 Å². The van der Waals surface area contributed by atoms with Crippen LogP contribution in [0.2, 0.25) is 0 Å². The fraction of sp³-hybridized carbons (Fsp3) is 0.833. The Balaban J connectivity index is 3.18. The molecule has 9 atom stereocenters. The first-order valence-corrected chi connectivity index (χ1v) is 10.1. The van der Waals surface area contributed by atoms with Crippen molar-refractivity contribution < 1.29 is 59.6 Å². The standard InChI is InChI=1S/C18H33N3O12/c1-7(24)19-10(4-21(9(3)26)20-8(2)25)13(28)17(11(27)5-22)33-18-16(31)15(30)14(29)12(6-23)32-18/h10-18,22-23,27-31H,4-6H2,1-3H3,(H,19,24)(H,20,25)/t10-,11+,12+,13+,14-,15-,16+,17+,18-/m0/s1. The first-order chi connectivity index (χ1) is 15.3. The van der Waals surface area contributed by atoms with Gasteiger partial charge in [-0.05, 0) is 0 Å². The van der Waals surface area contributed by atoms with Crippen molar-refractivity contribution in [1.82, 2.24) is 15.8 Å². The van der Waals surface area contributed by atoms with Crippen molar-refractivity contribution in [2.45, 2.75) is 75.8 Å². The van der Waals surface area contributed by atoms with E-state index in [4.69, 9.17) is 9.47 Å². The summed E-state index contributed by atoms with van der Waals surface area (Å²) in [7, 11) is 0. The molecule has 1 saturated heterocycles. The van der Waals surface area contributed by atoms with Gasteiger partial charge >= 0.3 is 0 Å². The van der Waals surface area contributed by atoms with E-state index in [0.717, 1.165) is 25.8 Å². The molecule has 1 aliphatic rings. The molecule has 0 aromatic rings. The average Bonchev–Trinajstić information content (AvgIpc) is 2.74. The van der Waals surface area contributed by atoms with Crippen LogP contribution in [0.15, 0.2) is 0 Å². The Morgan fingerprint density at radius 2 is 1.61 bits per heavy atom. The molecule has 1 rings (SSSR count). The summed E-state index contributed by atoms with van der Waals surface area (Å²) in [6.45, 7) is 1.14. The zero-order valence-electron chi connectivity index (χ0n) is 18.4. The van der Waals surface area contributed by atoms with Gasteiger partial charge in [0.05, 0.1) is 25.8 Å². The van der Waals surface area contributed by atoms with E-state index in [-0.39, 0.29) is 0 Å². The quantitative estimate of drug-likeness (QED) is 0.132. The monoisotopic (exact) mass is 483 g/mol. The van der Waals surface area contributed by atoms with Crippen LogP contribution in [0.1, 0.15) is 20.8 Å². The van der Waals surface area contributed by atoms with E-state index >= 15 is 0 Å². The number of carbonyl (C=O) groups is 3. The van der Waals surface area contributed by atoms with Gasteiger partial charge in [-0.2, -0.15) is 0 Å². The topological polar surface area (TPSA) is 239 Å². The lowest BCUT2D eigenvalue weighted by Crippen LogP contribution is -2.63. The second-order valence-electron chi connectivity index (χ2n) is 7.64. The third-order valence-electron chi connectivity index (χ3n) is 4.90. The number of hydrazine groups is 1. The molecule has 192 valence electrons. The van der Waals surface area contributed by atoms with Crippen LogP contribution in [0.3, 0.4) is 0 Å². The molecule has 0 saturated carbocycles. The van der Waals surface area contributed by atoms with Gasteiger partial charge in [0.2, 0.25) is 17.7 Å². The molecule has 0 aromatic carbocycles. The number of amides is 3. The second-order valence-corrected chi connectivity index (χ2v) is 7.64. The van der Waals surface area contributed by atoms with Gasteiger partial charge in [0.1, 0.15) is 42.7 Å². The molecule has 1 aliphatic heterocycles. The minimum absolute atomic E-state index is 0.484. The van der Waals surface area contributed by atoms with E-state index in [1.54, 1.807) is 0 Å². The summed E-state index contributed by atoms with van der Waals surface area (Å²) >= 11 is 0. The van der Waals surface area contributed by atoms with Crippen molar-refractivity contribution >= 4 is 17.7 Å². The average molecular weight is 483 g/mol. The fourth-order valence-electron chi connectivity index (χ4n) is 3.21. The summed E-state index contributed by atoms with van der Waals surface area (Å²) in [5.74, 6) is -1.93. The van der Waals surface area contributed by atoms with Gasteiger partial charge in [0.15, 0.2) is 6.29 Å². The molecule has 0 radical (unpaired) electrons. The molecule has 0 aliphatic carbocycles. The third kappa shape index (κ3) is 8.09. The van der Waals surface area contributed by atoms with E-state index in [0.29, 0.717) is 0 Å². The summed E-state index contributed by atoms with van der Waals surface area (Å²) in [6.07, 6.45) is -14.0. The van der Waals surface area contributed by atoms with E-state index in [1.807, 2.05) is 0 Å². The van der Waals surface area contributed by atoms with Crippen molar-refractivity contribution in [2.24, 2.45) is 0 Å². The van der Waals surface area contributed by atoms with Gasteiger partial charge in [0, 0.05) is 20.8 Å². The Morgan fingerprint density at radius 1 is 1.00 bits per heavy atom. The minimum Gasteiger partial charge on any atom is -0.394 e. The maximum atomic E-state index is 11.8. The molecular weight excluding hydrogens is 450 g/mol. The molecule has 0 unspecified atom stereocenters. The lowest BCUT2D eigenvalue weighted by Gasteiger charge is -2.43. The Hall–Kier alpha value is -1.95. The van der Waals surface area contributed by atoms with E-state index in [1.165, 1.54) is 0 Å². The largest absolute Gasteiger partial charge is 0.394 e. The van der Waals surface area contributed by atoms with E-state index in [2.05, 4.69) is 10.7 Å². The van der Waals surface area contributed by atoms with Crippen LogP contribution in [0.5, 0.6) is 0 Å². The van der Waals surface area contributed by atoms with Crippen LogP contribution in [-0.2, 0) is 23.9 Å². The van der Waals surface area contributed by atoms with Crippen molar-refractivity contribution in [1.29, 1.82) is 0 Å². The highest BCUT2D eigenvalue weighted by atomic mass is 16.7. The highest BCUT2D eigenvalue weighted by Crippen LogP contribution is 2.25. The molecule has 15 heteroatoms. The molecule has 9 N–H and O–H groups in total. The Morgan fingerprint density at radius 3 is 2.06 bits per heavy atom. The van der Waals surface area contributed by atoms with Crippen LogP contribution in [0.25, 0.3) is 0 Å². The summed E-state index contributed by atoms with van der Waals surface area (Å²) in [4.78, 5) is 34.9. The smallest absolute Gasteiger partial charge is 0.237 e. The van der Waals surface area contributed by atoms with Crippen LogP contribution < -0.4 is 10.7 Å². The lowest BCUT2D eigenvalue weighted by molar-refractivity contribution is -0.325. The summed E-state index contributed by atoms with van der Waals surface area (Å²) in [5.41, 5.74) is 2.21. The van der Waals surface area contributed by atoms with Gasteiger partial charge in [-0.15, -0.1) is 0 Å². The van der Waals surface area contributed by atoms with Crippen LogP contribution in [0, 0.1) is 0 Å². The number of hydrogen-bond donors (Lipinski definition) is 9. The third-order valence-corrected chi connectivity index (χ3v) is 4.90. The molecule has 0 bridgehead atoms. The Labute approximate surface area is 189 Å². The second kappa shape index (κ2) is 13.1. The van der Waals surface area contributed by atoms with Crippen LogP contribution in [-0.4, -0.2) is 133 Å². The number of rotatable bonds is 10. The molecule has 33 heavy (non-hydrogen) atoms. The van der Waals surface area contributed by atoms with Crippen molar-refractivity contribution in [3.63, 3.8) is 0 Å². The van der Waals surface area contributed by atoms with Crippen molar-refractivity contribution in [2.75, 3.05) is 19.8 Å². The molecule has 1 heterocycles. The zero-order valence-corrected chi connectivity index (χ0v) is 18.4. The number of hydrogen-bond acceptors (Lipinski definition) is 12. The van der Waals surface area contributed by atoms with Gasteiger partial charge in [-0.1, -0.05) is 0 Å². The van der Waals surface area contributed by atoms with Crippen molar-refractivity contribution in [3.05, 3.63) is 0 Å². The Kier molecular flexibility index (Phi) is 11.5. The van der Waals surface area contributed by atoms with E-state index < -0.39 is 92.5 Å². The highest BCUT2D eigenvalue weighted by molar-refractivity contribution is 5.79. The number of carbonyl (C=O) groups excluding carboxylic acids is 3. The van der Waals surface area contributed by atoms with E-state index in [9.17, 15) is 50.1 Å². The number of aliphatic hydroxyl groups is 7. The number of nitrogens with one attached hydrogen (secondary N) is 2. The number of nitrogens with zero attached hydrogens (tertiary/aromatic N) is 1. The lowest BCUT2D eigenvalue weighted by atomic mass is 9.97. The molecule has 0 aromatic heterocycles. The van der Waals surface area contributed by atoms with Gasteiger partial charge < -0.3 is 50.5 Å². The minimum atomic E-state index is -1.88.